The van der Waals surface area contributed by atoms with E-state index in [-0.39, 0.29) is 30.3 Å². The van der Waals surface area contributed by atoms with E-state index in [1.165, 1.54) is 7.11 Å². The lowest BCUT2D eigenvalue weighted by Crippen LogP contribution is -2.38. The van der Waals surface area contributed by atoms with Crippen molar-refractivity contribution in [2.75, 3.05) is 13.7 Å². The molecule has 0 bridgehead atoms. The molecule has 0 radical (unpaired) electrons. The third-order valence-electron chi connectivity index (χ3n) is 4.52. The number of carbonyl (C=O) groups excluding carboxylic acids is 2. The van der Waals surface area contributed by atoms with E-state index >= 15 is 0 Å². The molecule has 1 amide bonds. The van der Waals surface area contributed by atoms with Gasteiger partial charge in [0.05, 0.1) is 20.1 Å². The number of amides is 1. The lowest BCUT2D eigenvalue weighted by molar-refractivity contribution is -0.139. The first-order valence-corrected chi connectivity index (χ1v) is 8.27. The van der Waals surface area contributed by atoms with Gasteiger partial charge in [-0.15, -0.1) is 0 Å². The highest BCUT2D eigenvalue weighted by Gasteiger charge is 2.30. The maximum atomic E-state index is 12.7. The van der Waals surface area contributed by atoms with Crippen LogP contribution in [0.4, 0.5) is 0 Å². The average Bonchev–Trinajstić information content (AvgIpc) is 3.06. The molecule has 2 unspecified atom stereocenters. The van der Waals surface area contributed by atoms with Gasteiger partial charge in [-0.1, -0.05) is 36.4 Å². The van der Waals surface area contributed by atoms with Gasteiger partial charge in [-0.3, -0.25) is 9.59 Å². The molecule has 0 saturated carbocycles. The molecule has 2 aromatic rings. The predicted molar refractivity (Wildman–Crippen MR) is 93.8 cm³/mol. The van der Waals surface area contributed by atoms with Crippen molar-refractivity contribution in [1.82, 2.24) is 5.32 Å². The Bertz CT molecular complexity index is 787. The molecule has 0 fully saturated rings. The number of ether oxygens (including phenoxy) is 2. The van der Waals surface area contributed by atoms with Crippen LogP contribution in [0.15, 0.2) is 48.5 Å². The van der Waals surface area contributed by atoms with E-state index in [4.69, 9.17) is 9.47 Å². The molecule has 2 aromatic carbocycles. The minimum Gasteiger partial charge on any atom is -0.493 e. The molecule has 5 heteroatoms. The van der Waals surface area contributed by atoms with Gasteiger partial charge in [-0.25, -0.2) is 0 Å². The zero-order valence-electron chi connectivity index (χ0n) is 14.3. The molecule has 0 saturated heterocycles. The summed E-state index contributed by atoms with van der Waals surface area (Å²) >= 11 is 0. The third kappa shape index (κ3) is 3.65. The Morgan fingerprint density at radius 3 is 2.72 bits per heavy atom. The molecule has 25 heavy (non-hydrogen) atoms. The van der Waals surface area contributed by atoms with Crippen LogP contribution in [-0.4, -0.2) is 31.6 Å². The minimum absolute atomic E-state index is 0.0733. The van der Waals surface area contributed by atoms with E-state index in [2.05, 4.69) is 5.32 Å². The fourth-order valence-corrected chi connectivity index (χ4v) is 3.11. The number of hydrogen-bond acceptors (Lipinski definition) is 4. The highest BCUT2D eigenvalue weighted by atomic mass is 16.5. The van der Waals surface area contributed by atoms with Crippen LogP contribution in [0.1, 0.15) is 34.3 Å². The van der Waals surface area contributed by atoms with Crippen LogP contribution in [0.2, 0.25) is 0 Å². The summed E-state index contributed by atoms with van der Waals surface area (Å²) in [5, 5.41) is 3.04. The van der Waals surface area contributed by atoms with E-state index in [1.54, 1.807) is 24.3 Å². The normalized spacial score (nSPS) is 16.5. The van der Waals surface area contributed by atoms with Gasteiger partial charge in [-0.05, 0) is 24.6 Å². The summed E-state index contributed by atoms with van der Waals surface area (Å²) in [5.41, 5.74) is 2.26. The molecular formula is C20H21NO4. The Labute approximate surface area is 147 Å². The predicted octanol–water partition coefficient (Wildman–Crippen LogP) is 2.70. The molecule has 3 rings (SSSR count). The Balaban J connectivity index is 1.74. The zero-order chi connectivity index (χ0) is 17.8. The maximum Gasteiger partial charge on any atom is 0.310 e. The molecule has 5 nitrogen and oxygen atoms in total. The Morgan fingerprint density at radius 2 is 1.92 bits per heavy atom. The summed E-state index contributed by atoms with van der Waals surface area (Å²) in [6.07, 6.45) is 0.0733. The molecule has 0 aliphatic carbocycles. The Morgan fingerprint density at radius 1 is 1.20 bits per heavy atom. The largest absolute Gasteiger partial charge is 0.493 e. The quantitative estimate of drug-likeness (QED) is 0.851. The molecule has 1 heterocycles. The van der Waals surface area contributed by atoms with E-state index < -0.39 is 0 Å². The first-order chi connectivity index (χ1) is 12.1. The van der Waals surface area contributed by atoms with Crippen LogP contribution >= 0.6 is 0 Å². The fraction of sp³-hybridized carbons (Fsp3) is 0.300. The van der Waals surface area contributed by atoms with Gasteiger partial charge in [0.25, 0.3) is 5.91 Å². The van der Waals surface area contributed by atoms with Gasteiger partial charge in [0.1, 0.15) is 5.75 Å². The first kappa shape index (κ1) is 17.0. The third-order valence-corrected chi connectivity index (χ3v) is 4.52. The molecule has 2 atom stereocenters. The van der Waals surface area contributed by atoms with Crippen LogP contribution < -0.4 is 10.1 Å². The van der Waals surface area contributed by atoms with Crippen LogP contribution in [0.25, 0.3) is 0 Å². The van der Waals surface area contributed by atoms with Gasteiger partial charge in [0.15, 0.2) is 0 Å². The van der Waals surface area contributed by atoms with Crippen LogP contribution in [0, 0.1) is 0 Å². The molecule has 1 N–H and O–H groups in total. The Hall–Kier alpha value is -2.82. The second-order valence-corrected chi connectivity index (χ2v) is 6.13. The molecule has 0 aromatic heterocycles. The van der Waals surface area contributed by atoms with E-state index in [1.807, 2.05) is 31.2 Å². The minimum atomic E-state index is -0.369. The van der Waals surface area contributed by atoms with Crippen molar-refractivity contribution in [3.8, 4) is 5.75 Å². The van der Waals surface area contributed by atoms with Crippen molar-refractivity contribution in [1.29, 1.82) is 0 Å². The number of fused-ring (bicyclic) bond motifs is 1. The summed E-state index contributed by atoms with van der Waals surface area (Å²) < 4.78 is 10.4. The van der Waals surface area contributed by atoms with Gasteiger partial charge in [-0.2, -0.15) is 0 Å². The SMILES string of the molecule is COC(=O)Cc1ccccc1C(=O)NC(C)C1COc2ccccc21. The number of benzene rings is 2. The number of carbonyl (C=O) groups is 2. The van der Waals surface area contributed by atoms with Crippen molar-refractivity contribution in [2.24, 2.45) is 0 Å². The van der Waals surface area contributed by atoms with Gasteiger partial charge in [0, 0.05) is 23.1 Å². The summed E-state index contributed by atoms with van der Waals surface area (Å²) in [6.45, 7) is 2.52. The molecule has 0 spiro atoms. The highest BCUT2D eigenvalue weighted by molar-refractivity contribution is 5.97. The van der Waals surface area contributed by atoms with Crippen LogP contribution in [0.3, 0.4) is 0 Å². The van der Waals surface area contributed by atoms with Crippen molar-refractivity contribution >= 4 is 11.9 Å². The number of rotatable bonds is 5. The Kier molecular flexibility index (Phi) is 5.03. The van der Waals surface area contributed by atoms with Gasteiger partial charge in [0.2, 0.25) is 0 Å². The van der Waals surface area contributed by atoms with Crippen molar-refractivity contribution < 1.29 is 19.1 Å². The van der Waals surface area contributed by atoms with E-state index in [0.29, 0.717) is 17.7 Å². The summed E-state index contributed by atoms with van der Waals surface area (Å²) in [4.78, 5) is 24.3. The van der Waals surface area contributed by atoms with Crippen LogP contribution in [0.5, 0.6) is 5.75 Å². The van der Waals surface area contributed by atoms with Crippen molar-refractivity contribution in [3.63, 3.8) is 0 Å². The lowest BCUT2D eigenvalue weighted by atomic mass is 9.94. The van der Waals surface area contributed by atoms with E-state index in [9.17, 15) is 9.59 Å². The maximum absolute atomic E-state index is 12.7. The first-order valence-electron chi connectivity index (χ1n) is 8.27. The van der Waals surface area contributed by atoms with Crippen LogP contribution in [-0.2, 0) is 16.0 Å². The number of hydrogen-bond donors (Lipinski definition) is 1. The van der Waals surface area contributed by atoms with E-state index in [0.717, 1.165) is 11.3 Å². The van der Waals surface area contributed by atoms with Crippen molar-refractivity contribution in [3.05, 3.63) is 65.2 Å². The number of methoxy groups -OCH3 is 1. The number of esters is 1. The molecular weight excluding hydrogens is 318 g/mol. The van der Waals surface area contributed by atoms with Gasteiger partial charge < -0.3 is 14.8 Å². The monoisotopic (exact) mass is 339 g/mol. The average molecular weight is 339 g/mol. The highest BCUT2D eigenvalue weighted by Crippen LogP contribution is 2.35. The molecule has 1 aliphatic heterocycles. The number of para-hydroxylation sites is 1. The van der Waals surface area contributed by atoms with Crippen molar-refractivity contribution in [2.45, 2.75) is 25.3 Å². The smallest absolute Gasteiger partial charge is 0.310 e. The standard InChI is InChI=1S/C20H21NO4/c1-13(17-12-25-18-10-6-5-9-16(17)18)21-20(23)15-8-4-3-7-14(15)11-19(22)24-2/h3-10,13,17H,11-12H2,1-2H3,(H,21,23). The number of nitrogens with one attached hydrogen (secondary N) is 1. The summed E-state index contributed by atoms with van der Waals surface area (Å²) in [7, 11) is 1.34. The summed E-state index contributed by atoms with van der Waals surface area (Å²) in [5.74, 6) is 0.412. The second-order valence-electron chi connectivity index (χ2n) is 6.13. The van der Waals surface area contributed by atoms with Gasteiger partial charge >= 0.3 is 5.97 Å². The topological polar surface area (TPSA) is 64.6 Å². The summed E-state index contributed by atoms with van der Waals surface area (Å²) in [6, 6.07) is 14.9. The lowest BCUT2D eigenvalue weighted by Gasteiger charge is -2.20. The zero-order valence-corrected chi connectivity index (χ0v) is 14.3. The molecule has 1 aliphatic rings. The fourth-order valence-electron chi connectivity index (χ4n) is 3.11. The second kappa shape index (κ2) is 7.38. The molecule has 130 valence electrons.